The predicted octanol–water partition coefficient (Wildman–Crippen LogP) is 4.94. The van der Waals surface area contributed by atoms with Crippen molar-refractivity contribution >= 4 is 0 Å². The molecule has 0 aliphatic carbocycles. The number of nitrogens with zero attached hydrogens (tertiary/aromatic N) is 1. The van der Waals surface area contributed by atoms with Crippen LogP contribution in [-0.4, -0.2) is 6.61 Å². The first-order valence-electron chi connectivity index (χ1n) is 7.27. The zero-order valence-electron chi connectivity index (χ0n) is 13.7. The maximum atomic E-state index is 8.74. The molecule has 0 bridgehead atoms. The smallest absolute Gasteiger partial charge is 0.119 e. The summed E-state index contributed by atoms with van der Waals surface area (Å²) in [5, 5.41) is 8.74. The third-order valence-corrected chi connectivity index (χ3v) is 3.33. The average Bonchev–Trinajstić information content (AvgIpc) is 2.33. The van der Waals surface area contributed by atoms with E-state index in [1.165, 1.54) is 5.56 Å². The van der Waals surface area contributed by atoms with Gasteiger partial charge in [0, 0.05) is 0 Å². The molecule has 1 unspecified atom stereocenters. The van der Waals surface area contributed by atoms with Crippen molar-refractivity contribution in [1.82, 2.24) is 0 Å². The third-order valence-electron chi connectivity index (χ3n) is 3.33. The van der Waals surface area contributed by atoms with Gasteiger partial charge in [0.05, 0.1) is 12.0 Å². The van der Waals surface area contributed by atoms with Crippen LogP contribution < -0.4 is 4.74 Å². The molecule has 110 valence electrons. The molecule has 0 amide bonds. The van der Waals surface area contributed by atoms with Crippen LogP contribution in [0.3, 0.4) is 0 Å². The summed E-state index contributed by atoms with van der Waals surface area (Å²) in [4.78, 5) is 0. The van der Waals surface area contributed by atoms with Gasteiger partial charge in [0.1, 0.15) is 12.4 Å². The molecule has 0 aliphatic heterocycles. The second kappa shape index (κ2) is 6.31. The van der Waals surface area contributed by atoms with Crippen molar-refractivity contribution in [2.45, 2.75) is 53.4 Å². The molecule has 0 N–H and O–H groups in total. The molecule has 0 radical (unpaired) electrons. The van der Waals surface area contributed by atoms with Crippen molar-refractivity contribution in [2.24, 2.45) is 11.3 Å². The summed E-state index contributed by atoms with van der Waals surface area (Å²) in [5.41, 5.74) is 1.78. The summed E-state index contributed by atoms with van der Waals surface area (Å²) in [5.74, 6) is 0.759. The normalized spacial score (nSPS) is 13.7. The van der Waals surface area contributed by atoms with Crippen LogP contribution >= 0.6 is 0 Å². The van der Waals surface area contributed by atoms with Crippen LogP contribution in [0.25, 0.3) is 0 Å². The fourth-order valence-corrected chi connectivity index (χ4v) is 2.69. The molecule has 0 heterocycles. The van der Waals surface area contributed by atoms with Gasteiger partial charge in [0.25, 0.3) is 0 Å². The largest absolute Gasteiger partial charge is 0.492 e. The molecule has 2 heteroatoms. The fourth-order valence-electron chi connectivity index (χ4n) is 2.69. The van der Waals surface area contributed by atoms with Crippen LogP contribution in [0.1, 0.15) is 53.5 Å². The van der Waals surface area contributed by atoms with Gasteiger partial charge in [-0.2, -0.15) is 5.26 Å². The van der Waals surface area contributed by atoms with Gasteiger partial charge in [-0.15, -0.1) is 0 Å². The van der Waals surface area contributed by atoms with Gasteiger partial charge in [0.2, 0.25) is 0 Å². The second-order valence-corrected chi connectivity index (χ2v) is 7.49. The highest BCUT2D eigenvalue weighted by Crippen LogP contribution is 2.36. The Balaban J connectivity index is 2.73. The summed E-state index contributed by atoms with van der Waals surface area (Å²) in [6, 6.07) is 10.5. The number of rotatable bonds is 5. The summed E-state index contributed by atoms with van der Waals surface area (Å²) in [6.07, 6.45) is 1.13. The molecular formula is C18H27NO. The minimum absolute atomic E-state index is 0.0768. The van der Waals surface area contributed by atoms with E-state index in [0.29, 0.717) is 12.0 Å². The monoisotopic (exact) mass is 273 g/mol. The number of benzene rings is 1. The number of nitriles is 1. The predicted molar refractivity (Wildman–Crippen MR) is 83.8 cm³/mol. The van der Waals surface area contributed by atoms with Crippen molar-refractivity contribution in [3.63, 3.8) is 0 Å². The van der Waals surface area contributed by atoms with E-state index in [2.05, 4.69) is 52.8 Å². The van der Waals surface area contributed by atoms with Gasteiger partial charge in [-0.05, 0) is 41.9 Å². The molecule has 1 rings (SSSR count). The van der Waals surface area contributed by atoms with Crippen molar-refractivity contribution in [1.29, 1.82) is 5.26 Å². The lowest BCUT2D eigenvalue weighted by Crippen LogP contribution is -2.24. The van der Waals surface area contributed by atoms with E-state index >= 15 is 0 Å². The quantitative estimate of drug-likeness (QED) is 0.761. The number of hydrogen-bond acceptors (Lipinski definition) is 2. The lowest BCUT2D eigenvalue weighted by atomic mass is 9.72. The Morgan fingerprint density at radius 3 is 2.10 bits per heavy atom. The third kappa shape index (κ3) is 5.25. The van der Waals surface area contributed by atoms with E-state index < -0.39 is 0 Å². The van der Waals surface area contributed by atoms with E-state index in [1.807, 2.05) is 19.1 Å². The van der Waals surface area contributed by atoms with Crippen LogP contribution in [0.15, 0.2) is 24.3 Å². The molecule has 0 saturated heterocycles. The van der Waals surface area contributed by atoms with Crippen LogP contribution in [0.4, 0.5) is 0 Å². The molecule has 0 aliphatic rings. The maximum Gasteiger partial charge on any atom is 0.119 e. The fraction of sp³-hybridized carbons (Fsp3) is 0.611. The van der Waals surface area contributed by atoms with E-state index in [9.17, 15) is 0 Å². The van der Waals surface area contributed by atoms with Gasteiger partial charge in [-0.3, -0.25) is 0 Å². The zero-order valence-corrected chi connectivity index (χ0v) is 13.7. The highest BCUT2D eigenvalue weighted by Gasteiger charge is 2.27. The summed E-state index contributed by atoms with van der Waals surface area (Å²) in [7, 11) is 0. The molecule has 0 saturated carbocycles. The Labute approximate surface area is 123 Å². The Hall–Kier alpha value is -1.49. The lowest BCUT2D eigenvalue weighted by molar-refractivity contribution is 0.281. The van der Waals surface area contributed by atoms with Crippen LogP contribution in [0.2, 0.25) is 0 Å². The molecule has 0 aromatic heterocycles. The topological polar surface area (TPSA) is 33.0 Å². The molecule has 20 heavy (non-hydrogen) atoms. The Bertz CT molecular complexity index is 460. The summed E-state index contributed by atoms with van der Waals surface area (Å²) in [6.45, 7) is 13.7. The Morgan fingerprint density at radius 1 is 1.10 bits per heavy atom. The maximum absolute atomic E-state index is 8.74. The van der Waals surface area contributed by atoms with Gasteiger partial charge in [0.15, 0.2) is 0 Å². The van der Waals surface area contributed by atoms with E-state index in [-0.39, 0.29) is 11.3 Å². The Morgan fingerprint density at radius 2 is 1.65 bits per heavy atom. The molecule has 2 nitrogen and oxygen atoms in total. The van der Waals surface area contributed by atoms with Crippen LogP contribution in [0.5, 0.6) is 5.75 Å². The molecule has 0 fully saturated rings. The van der Waals surface area contributed by atoms with Crippen molar-refractivity contribution < 1.29 is 4.74 Å². The molecular weight excluding hydrogens is 246 g/mol. The van der Waals surface area contributed by atoms with Crippen molar-refractivity contribution in [2.75, 3.05) is 6.61 Å². The van der Waals surface area contributed by atoms with Gasteiger partial charge >= 0.3 is 0 Å². The highest BCUT2D eigenvalue weighted by molar-refractivity contribution is 5.31. The van der Waals surface area contributed by atoms with Crippen LogP contribution in [-0.2, 0) is 5.41 Å². The van der Waals surface area contributed by atoms with Crippen molar-refractivity contribution in [3.05, 3.63) is 29.8 Å². The minimum Gasteiger partial charge on any atom is -0.492 e. The first-order valence-corrected chi connectivity index (χ1v) is 7.27. The molecule has 1 aromatic rings. The average molecular weight is 273 g/mol. The first-order chi connectivity index (χ1) is 9.14. The van der Waals surface area contributed by atoms with Crippen LogP contribution in [0, 0.1) is 22.7 Å². The van der Waals surface area contributed by atoms with Gasteiger partial charge < -0.3 is 4.74 Å². The van der Waals surface area contributed by atoms with E-state index in [1.54, 1.807) is 0 Å². The van der Waals surface area contributed by atoms with E-state index in [0.717, 1.165) is 12.2 Å². The lowest BCUT2D eigenvalue weighted by Gasteiger charge is -2.33. The molecule has 1 atom stereocenters. The highest BCUT2D eigenvalue weighted by atomic mass is 16.5. The molecule has 1 aromatic carbocycles. The first kappa shape index (κ1) is 16.6. The zero-order chi connectivity index (χ0) is 15.4. The summed E-state index contributed by atoms with van der Waals surface area (Å²) >= 11 is 0. The Kier molecular flexibility index (Phi) is 5.22. The second-order valence-electron chi connectivity index (χ2n) is 7.49. The SMILES string of the molecule is CC(C#N)COc1ccc(C(C)(C)CC(C)(C)C)cc1. The summed E-state index contributed by atoms with van der Waals surface area (Å²) < 4.78 is 5.60. The minimum atomic E-state index is -0.0768. The van der Waals surface area contributed by atoms with E-state index in [4.69, 9.17) is 10.00 Å². The van der Waals surface area contributed by atoms with Gasteiger partial charge in [-0.1, -0.05) is 46.8 Å². The number of ether oxygens (including phenoxy) is 1. The van der Waals surface area contributed by atoms with Crippen molar-refractivity contribution in [3.8, 4) is 11.8 Å². The van der Waals surface area contributed by atoms with Gasteiger partial charge in [-0.25, -0.2) is 0 Å². The molecule has 0 spiro atoms. The standard InChI is InChI=1S/C18H27NO/c1-14(11-19)12-20-16-9-7-15(8-10-16)18(5,6)13-17(2,3)4/h7-10,14H,12-13H2,1-6H3. The number of hydrogen-bond donors (Lipinski definition) is 0.